The van der Waals surface area contributed by atoms with Gasteiger partial charge < -0.3 is 5.84 Å². The molecule has 0 saturated heterocycles. The smallest absolute Gasteiger partial charge is 0.210 e. The molecule has 5 nitrogen and oxygen atoms in total. The second-order valence-corrected chi connectivity index (χ2v) is 7.32. The normalized spacial score (nSPS) is 10.9. The van der Waals surface area contributed by atoms with E-state index in [1.165, 1.54) is 22.0 Å². The van der Waals surface area contributed by atoms with Crippen LogP contribution in [0.25, 0.3) is 11.4 Å². The van der Waals surface area contributed by atoms with Gasteiger partial charge in [0.05, 0.1) is 0 Å². The van der Waals surface area contributed by atoms with Crippen molar-refractivity contribution in [3.05, 3.63) is 64.2 Å². The van der Waals surface area contributed by atoms with E-state index in [0.717, 1.165) is 27.8 Å². The van der Waals surface area contributed by atoms with Crippen molar-refractivity contribution < 1.29 is 4.79 Å². The van der Waals surface area contributed by atoms with E-state index in [1.807, 2.05) is 44.2 Å². The molecule has 0 radical (unpaired) electrons. The van der Waals surface area contributed by atoms with E-state index in [4.69, 9.17) is 5.84 Å². The lowest BCUT2D eigenvalue weighted by atomic mass is 9.92. The molecule has 1 heterocycles. The van der Waals surface area contributed by atoms with E-state index in [1.54, 1.807) is 6.92 Å². The highest BCUT2D eigenvalue weighted by molar-refractivity contribution is 7.98. The first-order valence-corrected chi connectivity index (χ1v) is 9.38. The summed E-state index contributed by atoms with van der Waals surface area (Å²) in [6, 6.07) is 11.8. The number of benzene rings is 2. The Morgan fingerprint density at radius 2 is 1.81 bits per heavy atom. The lowest BCUT2D eigenvalue weighted by molar-refractivity contribution is 0.101. The number of Topliss-reactive ketones (excluding diaryl/α,β-unsaturated/α-hetero) is 1. The number of hydrogen-bond acceptors (Lipinski definition) is 5. The second-order valence-electron chi connectivity index (χ2n) is 6.38. The van der Waals surface area contributed by atoms with Gasteiger partial charge in [0.15, 0.2) is 11.6 Å². The average molecular weight is 366 g/mol. The maximum Gasteiger partial charge on any atom is 0.210 e. The minimum absolute atomic E-state index is 0.0969. The summed E-state index contributed by atoms with van der Waals surface area (Å²) in [6.45, 7) is 7.68. The highest BCUT2D eigenvalue weighted by atomic mass is 32.2. The molecule has 0 aliphatic rings. The minimum atomic E-state index is 0.0969. The zero-order chi connectivity index (χ0) is 18.8. The Labute approximate surface area is 157 Å². The van der Waals surface area contributed by atoms with E-state index in [9.17, 15) is 4.79 Å². The Bertz CT molecular complexity index is 964. The number of rotatable bonds is 5. The van der Waals surface area contributed by atoms with Gasteiger partial charge in [-0.2, -0.15) is 0 Å². The number of aryl methyl sites for hydroxylation is 2. The summed E-state index contributed by atoms with van der Waals surface area (Å²) < 4.78 is 1.52. The molecule has 2 N–H and O–H groups in total. The fourth-order valence-electron chi connectivity index (χ4n) is 3.29. The standard InChI is InChI=1S/C20H22N4OS/c1-12-10-13(2)18(15(4)25)14(3)17(12)11-26-20-23-22-19(24(20)21)16-8-6-5-7-9-16/h5-10H,11,21H2,1-4H3. The molecule has 0 saturated carbocycles. The van der Waals surface area contributed by atoms with E-state index in [0.29, 0.717) is 16.7 Å². The van der Waals surface area contributed by atoms with E-state index >= 15 is 0 Å². The lowest BCUT2D eigenvalue weighted by Gasteiger charge is -2.15. The zero-order valence-electron chi connectivity index (χ0n) is 15.4. The number of nitrogens with zero attached hydrogens (tertiary/aromatic N) is 3. The van der Waals surface area contributed by atoms with Crippen molar-refractivity contribution in [1.29, 1.82) is 0 Å². The van der Waals surface area contributed by atoms with Gasteiger partial charge in [0.2, 0.25) is 5.16 Å². The van der Waals surface area contributed by atoms with Crippen LogP contribution in [0.5, 0.6) is 0 Å². The number of nitrogen functional groups attached to an aromatic ring is 1. The van der Waals surface area contributed by atoms with Crippen LogP contribution < -0.4 is 5.84 Å². The molecular weight excluding hydrogens is 344 g/mol. The Kier molecular flexibility index (Phi) is 5.13. The summed E-state index contributed by atoms with van der Waals surface area (Å²) in [5.41, 5.74) is 6.11. The van der Waals surface area contributed by atoms with Gasteiger partial charge in [0.1, 0.15) is 0 Å². The highest BCUT2D eigenvalue weighted by Gasteiger charge is 2.17. The van der Waals surface area contributed by atoms with Crippen LogP contribution in [-0.4, -0.2) is 20.7 Å². The number of ketones is 1. The molecule has 0 atom stereocenters. The summed E-state index contributed by atoms with van der Waals surface area (Å²) in [4.78, 5) is 12.0. The maximum absolute atomic E-state index is 12.0. The molecule has 0 bridgehead atoms. The number of aromatic nitrogens is 3. The van der Waals surface area contributed by atoms with Crippen molar-refractivity contribution >= 4 is 17.5 Å². The largest absolute Gasteiger partial charge is 0.335 e. The third-order valence-electron chi connectivity index (χ3n) is 4.53. The van der Waals surface area contributed by atoms with Gasteiger partial charge in [0.25, 0.3) is 0 Å². The molecule has 26 heavy (non-hydrogen) atoms. The second kappa shape index (κ2) is 7.33. The number of carbonyl (C=O) groups excluding carboxylic acids is 1. The van der Waals surface area contributed by atoms with Crippen LogP contribution >= 0.6 is 11.8 Å². The van der Waals surface area contributed by atoms with Crippen molar-refractivity contribution in [3.8, 4) is 11.4 Å². The van der Waals surface area contributed by atoms with Crippen LogP contribution in [0.3, 0.4) is 0 Å². The molecule has 3 rings (SSSR count). The first-order valence-electron chi connectivity index (χ1n) is 8.39. The summed E-state index contributed by atoms with van der Waals surface area (Å²) in [7, 11) is 0. The van der Waals surface area contributed by atoms with Crippen LogP contribution in [-0.2, 0) is 5.75 Å². The summed E-state index contributed by atoms with van der Waals surface area (Å²) in [6.07, 6.45) is 0. The molecule has 0 unspecified atom stereocenters. The molecule has 2 aromatic carbocycles. The molecule has 134 valence electrons. The lowest BCUT2D eigenvalue weighted by Crippen LogP contribution is -2.12. The first-order chi connectivity index (χ1) is 12.4. The van der Waals surface area contributed by atoms with E-state index in [-0.39, 0.29) is 5.78 Å². The minimum Gasteiger partial charge on any atom is -0.335 e. The van der Waals surface area contributed by atoms with Crippen molar-refractivity contribution in [2.24, 2.45) is 0 Å². The van der Waals surface area contributed by atoms with Gasteiger partial charge in [-0.15, -0.1) is 10.2 Å². The molecule has 0 fully saturated rings. The average Bonchev–Trinajstić information content (AvgIpc) is 2.95. The molecule has 0 spiro atoms. The Morgan fingerprint density at radius 1 is 1.12 bits per heavy atom. The molecule has 0 aliphatic carbocycles. The van der Waals surface area contributed by atoms with Gasteiger partial charge in [-0.1, -0.05) is 48.2 Å². The van der Waals surface area contributed by atoms with Crippen molar-refractivity contribution in [2.45, 2.75) is 38.6 Å². The number of hydrogen-bond donors (Lipinski definition) is 1. The quantitative estimate of drug-likeness (QED) is 0.418. The van der Waals surface area contributed by atoms with E-state index in [2.05, 4.69) is 23.2 Å². The fraction of sp³-hybridized carbons (Fsp3) is 0.250. The van der Waals surface area contributed by atoms with E-state index < -0.39 is 0 Å². The Morgan fingerprint density at radius 3 is 2.46 bits per heavy atom. The van der Waals surface area contributed by atoms with Crippen molar-refractivity contribution in [2.75, 3.05) is 5.84 Å². The third-order valence-corrected chi connectivity index (χ3v) is 5.49. The Hall–Kier alpha value is -2.60. The zero-order valence-corrected chi connectivity index (χ0v) is 16.2. The predicted molar refractivity (Wildman–Crippen MR) is 106 cm³/mol. The third kappa shape index (κ3) is 3.37. The number of thioether (sulfide) groups is 1. The number of carbonyl (C=O) groups is 1. The predicted octanol–water partition coefficient (Wildman–Crippen LogP) is 4.08. The first kappa shape index (κ1) is 18.2. The van der Waals surface area contributed by atoms with Crippen LogP contribution in [0, 0.1) is 20.8 Å². The highest BCUT2D eigenvalue weighted by Crippen LogP contribution is 2.30. The van der Waals surface area contributed by atoms with Gasteiger partial charge in [0, 0.05) is 16.9 Å². The van der Waals surface area contributed by atoms with Crippen LogP contribution in [0.15, 0.2) is 41.6 Å². The van der Waals surface area contributed by atoms with Crippen molar-refractivity contribution in [3.63, 3.8) is 0 Å². The maximum atomic E-state index is 12.0. The summed E-state index contributed by atoms with van der Waals surface area (Å²) in [5, 5.41) is 9.09. The van der Waals surface area contributed by atoms with Gasteiger partial charge in [-0.3, -0.25) is 4.79 Å². The number of nitrogens with two attached hydrogens (primary N) is 1. The van der Waals surface area contributed by atoms with Crippen LogP contribution in [0.2, 0.25) is 0 Å². The molecule has 0 aliphatic heterocycles. The fourth-order valence-corrected chi connectivity index (χ4v) is 4.33. The molecular formula is C20H22N4OS. The van der Waals surface area contributed by atoms with Crippen molar-refractivity contribution in [1.82, 2.24) is 14.9 Å². The topological polar surface area (TPSA) is 73.8 Å². The van der Waals surface area contributed by atoms with Gasteiger partial charge in [-0.25, -0.2) is 4.68 Å². The summed E-state index contributed by atoms with van der Waals surface area (Å²) >= 11 is 1.52. The summed E-state index contributed by atoms with van der Waals surface area (Å²) in [5.74, 6) is 7.61. The molecule has 0 amide bonds. The molecule has 1 aromatic heterocycles. The molecule has 6 heteroatoms. The monoisotopic (exact) mass is 366 g/mol. The van der Waals surface area contributed by atoms with Crippen LogP contribution in [0.1, 0.15) is 39.5 Å². The van der Waals surface area contributed by atoms with Crippen LogP contribution in [0.4, 0.5) is 0 Å². The Balaban J connectivity index is 1.88. The van der Waals surface area contributed by atoms with Gasteiger partial charge in [-0.05, 0) is 49.9 Å². The SMILES string of the molecule is CC(=O)c1c(C)cc(C)c(CSc2nnc(-c3ccccc3)n2N)c1C. The molecule has 3 aromatic rings. The van der Waals surface area contributed by atoms with Gasteiger partial charge >= 0.3 is 0 Å².